The standard InChI is InChI=1S/C11H12FN3O2/c1-7(13)8-2-3-10(9(12)4-8)16-5-11-14-6-17-15-11/h2-4,6-7H,5,13H2,1H3/t7-/m0/s1. The fourth-order valence-electron chi connectivity index (χ4n) is 1.32. The first-order chi connectivity index (χ1) is 8.16. The first kappa shape index (κ1) is 11.5. The van der Waals surface area contributed by atoms with Gasteiger partial charge < -0.3 is 15.0 Å². The van der Waals surface area contributed by atoms with E-state index in [1.807, 2.05) is 0 Å². The number of halogens is 1. The van der Waals surface area contributed by atoms with E-state index in [4.69, 9.17) is 10.5 Å². The molecule has 2 aromatic rings. The van der Waals surface area contributed by atoms with Crippen molar-refractivity contribution >= 4 is 0 Å². The Morgan fingerprint density at radius 2 is 2.35 bits per heavy atom. The summed E-state index contributed by atoms with van der Waals surface area (Å²) in [5.74, 6) is 0.0446. The zero-order valence-electron chi connectivity index (χ0n) is 9.26. The van der Waals surface area contributed by atoms with Gasteiger partial charge in [-0.1, -0.05) is 11.2 Å². The Hall–Kier alpha value is -1.95. The number of nitrogens with two attached hydrogens (primary N) is 1. The number of hydrogen-bond acceptors (Lipinski definition) is 5. The van der Waals surface area contributed by atoms with Gasteiger partial charge in [-0.3, -0.25) is 0 Å². The summed E-state index contributed by atoms with van der Waals surface area (Å²) in [6.07, 6.45) is 1.19. The van der Waals surface area contributed by atoms with Crippen LogP contribution in [-0.4, -0.2) is 10.1 Å². The molecule has 0 aliphatic heterocycles. The topological polar surface area (TPSA) is 74.2 Å². The summed E-state index contributed by atoms with van der Waals surface area (Å²) in [4.78, 5) is 3.76. The van der Waals surface area contributed by atoms with Crippen LogP contribution in [0.15, 0.2) is 29.1 Å². The summed E-state index contributed by atoms with van der Waals surface area (Å²) in [6, 6.07) is 4.40. The third-order valence-electron chi connectivity index (χ3n) is 2.25. The molecule has 1 aromatic heterocycles. The highest BCUT2D eigenvalue weighted by Crippen LogP contribution is 2.21. The zero-order valence-corrected chi connectivity index (χ0v) is 9.26. The molecule has 2 N–H and O–H groups in total. The van der Waals surface area contributed by atoms with Crippen LogP contribution < -0.4 is 10.5 Å². The van der Waals surface area contributed by atoms with Gasteiger partial charge in [-0.25, -0.2) is 4.39 Å². The molecule has 0 bridgehead atoms. The Morgan fingerprint density at radius 3 is 2.94 bits per heavy atom. The molecule has 17 heavy (non-hydrogen) atoms. The lowest BCUT2D eigenvalue weighted by molar-refractivity contribution is 0.273. The monoisotopic (exact) mass is 237 g/mol. The number of rotatable bonds is 4. The lowest BCUT2D eigenvalue weighted by atomic mass is 10.1. The minimum atomic E-state index is -0.455. The fraction of sp³-hybridized carbons (Fsp3) is 0.273. The summed E-state index contributed by atoms with van der Waals surface area (Å²) < 4.78 is 23.3. The van der Waals surface area contributed by atoms with Crippen LogP contribution in [0, 0.1) is 5.82 Å². The zero-order chi connectivity index (χ0) is 12.3. The van der Waals surface area contributed by atoms with Crippen LogP contribution in [0.3, 0.4) is 0 Å². The van der Waals surface area contributed by atoms with Crippen LogP contribution in [0.1, 0.15) is 24.4 Å². The minimum Gasteiger partial charge on any atom is -0.482 e. The minimum absolute atomic E-state index is 0.0605. The smallest absolute Gasteiger partial charge is 0.213 e. The molecule has 6 heteroatoms. The van der Waals surface area contributed by atoms with Crippen molar-refractivity contribution in [2.75, 3.05) is 0 Å². The van der Waals surface area contributed by atoms with Crippen molar-refractivity contribution in [3.8, 4) is 5.75 Å². The Bertz CT molecular complexity index is 485. The average Bonchev–Trinajstić information content (AvgIpc) is 2.80. The van der Waals surface area contributed by atoms with E-state index in [0.29, 0.717) is 5.82 Å². The molecule has 0 aliphatic carbocycles. The van der Waals surface area contributed by atoms with Crippen LogP contribution >= 0.6 is 0 Å². The van der Waals surface area contributed by atoms with E-state index in [1.54, 1.807) is 13.0 Å². The van der Waals surface area contributed by atoms with Crippen LogP contribution in [0.2, 0.25) is 0 Å². The number of benzene rings is 1. The van der Waals surface area contributed by atoms with Gasteiger partial charge in [0.15, 0.2) is 18.2 Å². The number of ether oxygens (including phenoxy) is 1. The third-order valence-corrected chi connectivity index (χ3v) is 2.25. The van der Waals surface area contributed by atoms with Crippen molar-refractivity contribution in [3.05, 3.63) is 41.8 Å². The largest absolute Gasteiger partial charge is 0.482 e. The summed E-state index contributed by atoms with van der Waals surface area (Å²) in [5.41, 5.74) is 6.36. The normalized spacial score (nSPS) is 12.4. The van der Waals surface area contributed by atoms with Gasteiger partial charge in [-0.05, 0) is 24.6 Å². The molecule has 0 saturated heterocycles. The molecule has 0 aliphatic rings. The van der Waals surface area contributed by atoms with E-state index in [1.165, 1.54) is 18.5 Å². The molecule has 0 amide bonds. The van der Waals surface area contributed by atoms with Gasteiger partial charge in [-0.15, -0.1) is 0 Å². The highest BCUT2D eigenvalue weighted by molar-refractivity contribution is 5.30. The van der Waals surface area contributed by atoms with Crippen molar-refractivity contribution in [3.63, 3.8) is 0 Å². The second kappa shape index (κ2) is 4.92. The average molecular weight is 237 g/mol. The van der Waals surface area contributed by atoms with Gasteiger partial charge in [0, 0.05) is 6.04 Å². The summed E-state index contributed by atoms with van der Waals surface area (Å²) >= 11 is 0. The number of nitrogens with zero attached hydrogens (tertiary/aromatic N) is 2. The molecular weight excluding hydrogens is 225 g/mol. The summed E-state index contributed by atoms with van der Waals surface area (Å²) in [7, 11) is 0. The molecule has 0 fully saturated rings. The molecule has 0 radical (unpaired) electrons. The van der Waals surface area contributed by atoms with Gasteiger partial charge in [0.2, 0.25) is 12.2 Å². The van der Waals surface area contributed by atoms with Crippen LogP contribution in [0.4, 0.5) is 4.39 Å². The van der Waals surface area contributed by atoms with E-state index in [2.05, 4.69) is 14.7 Å². The number of aromatic nitrogens is 2. The lowest BCUT2D eigenvalue weighted by Crippen LogP contribution is -2.06. The predicted octanol–water partition coefficient (Wildman–Crippen LogP) is 1.81. The lowest BCUT2D eigenvalue weighted by Gasteiger charge is -2.09. The van der Waals surface area contributed by atoms with E-state index in [9.17, 15) is 4.39 Å². The highest BCUT2D eigenvalue weighted by Gasteiger charge is 2.08. The van der Waals surface area contributed by atoms with Crippen molar-refractivity contribution in [2.24, 2.45) is 5.73 Å². The Morgan fingerprint density at radius 1 is 1.53 bits per heavy atom. The molecule has 5 nitrogen and oxygen atoms in total. The Balaban J connectivity index is 2.06. The summed E-state index contributed by atoms with van der Waals surface area (Å²) in [6.45, 7) is 1.85. The van der Waals surface area contributed by atoms with Crippen LogP contribution in [-0.2, 0) is 6.61 Å². The second-order valence-electron chi connectivity index (χ2n) is 3.61. The molecule has 1 atom stereocenters. The summed E-state index contributed by atoms with van der Waals surface area (Å²) in [5, 5.41) is 3.55. The maximum Gasteiger partial charge on any atom is 0.213 e. The first-order valence-electron chi connectivity index (χ1n) is 5.10. The van der Waals surface area contributed by atoms with Crippen LogP contribution in [0.25, 0.3) is 0 Å². The molecular formula is C11H12FN3O2. The van der Waals surface area contributed by atoms with Crippen molar-refractivity contribution in [2.45, 2.75) is 19.6 Å². The Labute approximate surface area is 97.4 Å². The van der Waals surface area contributed by atoms with Crippen molar-refractivity contribution in [1.82, 2.24) is 10.1 Å². The molecule has 0 saturated carbocycles. The highest BCUT2D eigenvalue weighted by atomic mass is 19.1. The molecule has 1 aromatic carbocycles. The second-order valence-corrected chi connectivity index (χ2v) is 3.61. The van der Waals surface area contributed by atoms with Crippen LogP contribution in [0.5, 0.6) is 5.75 Å². The van der Waals surface area contributed by atoms with E-state index in [0.717, 1.165) is 5.56 Å². The van der Waals surface area contributed by atoms with E-state index >= 15 is 0 Å². The van der Waals surface area contributed by atoms with Gasteiger partial charge >= 0.3 is 0 Å². The van der Waals surface area contributed by atoms with E-state index < -0.39 is 5.82 Å². The Kier molecular flexibility index (Phi) is 3.34. The van der Waals surface area contributed by atoms with Gasteiger partial charge in [0.25, 0.3) is 0 Å². The maximum atomic E-state index is 13.6. The van der Waals surface area contributed by atoms with E-state index in [-0.39, 0.29) is 18.4 Å². The van der Waals surface area contributed by atoms with Gasteiger partial charge in [-0.2, -0.15) is 4.98 Å². The molecule has 90 valence electrons. The number of hydrogen-bond donors (Lipinski definition) is 1. The first-order valence-corrected chi connectivity index (χ1v) is 5.10. The van der Waals surface area contributed by atoms with Gasteiger partial charge in [0.05, 0.1) is 0 Å². The predicted molar refractivity (Wildman–Crippen MR) is 57.6 cm³/mol. The van der Waals surface area contributed by atoms with Crippen molar-refractivity contribution in [1.29, 1.82) is 0 Å². The third kappa shape index (κ3) is 2.79. The SMILES string of the molecule is C[C@H](N)c1ccc(OCc2ncon2)c(F)c1. The fourth-order valence-corrected chi connectivity index (χ4v) is 1.32. The van der Waals surface area contributed by atoms with Gasteiger partial charge in [0.1, 0.15) is 0 Å². The maximum absolute atomic E-state index is 13.6. The molecule has 1 heterocycles. The molecule has 0 spiro atoms. The quantitative estimate of drug-likeness (QED) is 0.877. The molecule has 2 rings (SSSR count). The molecule has 0 unspecified atom stereocenters. The van der Waals surface area contributed by atoms with Crippen molar-refractivity contribution < 1.29 is 13.7 Å².